The second-order valence-corrected chi connectivity index (χ2v) is 35.9. The summed E-state index contributed by atoms with van der Waals surface area (Å²) in [6, 6.07) is 169. The lowest BCUT2D eigenvalue weighted by atomic mass is 9.90. The van der Waals surface area contributed by atoms with Crippen LogP contribution in [-0.4, -0.2) is 44.9 Å². The van der Waals surface area contributed by atoms with Gasteiger partial charge in [0.1, 0.15) is 0 Å². The zero-order chi connectivity index (χ0) is 92.2. The van der Waals surface area contributed by atoms with Crippen LogP contribution < -0.4 is 0 Å². The molecular weight excluding hydrogens is 1700 g/mol. The van der Waals surface area contributed by atoms with E-state index in [1.165, 1.54) is 135 Å². The Balaban J connectivity index is 0.000000106. The molecular formula is C131H79N9. The highest BCUT2D eigenvalue weighted by Crippen LogP contribution is 2.49. The molecule has 0 atom stereocenters. The third-order valence-electron chi connectivity index (χ3n) is 27.9. The van der Waals surface area contributed by atoms with Crippen LogP contribution in [0.15, 0.2) is 479 Å². The molecule has 9 heteroatoms. The van der Waals surface area contributed by atoms with Crippen molar-refractivity contribution in [3.05, 3.63) is 479 Å². The minimum Gasteiger partial charge on any atom is -0.247 e. The summed E-state index contributed by atoms with van der Waals surface area (Å²) in [5, 5.41) is 33.5. The second kappa shape index (κ2) is 33.7. The molecule has 0 aliphatic rings. The van der Waals surface area contributed by atoms with Gasteiger partial charge >= 0.3 is 0 Å². The molecule has 29 rings (SSSR count). The molecule has 6 aromatic heterocycles. The maximum Gasteiger partial charge on any atom is 0.160 e. The molecule has 648 valence electrons. The van der Waals surface area contributed by atoms with Crippen molar-refractivity contribution < 1.29 is 0 Å². The molecule has 0 saturated heterocycles. The summed E-state index contributed by atoms with van der Waals surface area (Å²) in [5.41, 5.74) is 20.9. The normalized spacial score (nSPS) is 11.7. The van der Waals surface area contributed by atoms with Crippen LogP contribution in [0.25, 0.3) is 286 Å². The van der Waals surface area contributed by atoms with Crippen LogP contribution in [0.3, 0.4) is 0 Å². The average Bonchev–Trinajstić information content (AvgIpc) is 0.721. The summed E-state index contributed by atoms with van der Waals surface area (Å²) in [5.74, 6) is 2.12. The molecule has 29 aromatic rings. The van der Waals surface area contributed by atoms with Crippen molar-refractivity contribution >= 4 is 184 Å². The summed E-state index contributed by atoms with van der Waals surface area (Å²) in [4.78, 5) is 46.5. The third-order valence-corrected chi connectivity index (χ3v) is 27.9. The van der Waals surface area contributed by atoms with Gasteiger partial charge in [-0.15, -0.1) is 0 Å². The molecule has 0 radical (unpaired) electrons. The number of rotatable bonds is 9. The number of hydrogen-bond acceptors (Lipinski definition) is 9. The van der Waals surface area contributed by atoms with E-state index >= 15 is 0 Å². The van der Waals surface area contributed by atoms with Crippen LogP contribution in [0.4, 0.5) is 0 Å². The quantitative estimate of drug-likeness (QED) is 0.130. The van der Waals surface area contributed by atoms with Crippen LogP contribution in [0.1, 0.15) is 0 Å². The van der Waals surface area contributed by atoms with Gasteiger partial charge in [0.15, 0.2) is 17.5 Å². The largest absolute Gasteiger partial charge is 0.247 e. The van der Waals surface area contributed by atoms with Gasteiger partial charge in [0.2, 0.25) is 0 Å². The van der Waals surface area contributed by atoms with Gasteiger partial charge in [0.05, 0.1) is 67.3 Å². The summed E-state index contributed by atoms with van der Waals surface area (Å²) in [7, 11) is 0. The summed E-state index contributed by atoms with van der Waals surface area (Å²) in [6.07, 6.45) is 0. The zero-order valence-corrected chi connectivity index (χ0v) is 75.6. The monoisotopic (exact) mass is 1780 g/mol. The molecule has 23 aromatic carbocycles. The topological polar surface area (TPSA) is 116 Å². The van der Waals surface area contributed by atoms with E-state index in [1.54, 1.807) is 0 Å². The van der Waals surface area contributed by atoms with Crippen molar-refractivity contribution in [1.82, 2.24) is 44.9 Å². The first kappa shape index (κ1) is 80.8. The first-order valence-corrected chi connectivity index (χ1v) is 47.5. The Bertz CT molecular complexity index is 10100. The fourth-order valence-corrected chi connectivity index (χ4v) is 21.5. The van der Waals surface area contributed by atoms with E-state index < -0.39 is 0 Å². The smallest absolute Gasteiger partial charge is 0.160 e. The molecule has 0 aliphatic carbocycles. The Hall–Kier alpha value is -18.8. The van der Waals surface area contributed by atoms with E-state index in [2.05, 4.69) is 449 Å². The standard InChI is InChI=1S/2C45H27N3.C41H25N3/c1-2-14-31-28(12-1)13-11-21-36(31)44-38-20-8-10-23-40(38)47-45(48-44)30-26-24-29(25-27-30)43-42-35-18-6-4-16-33(35)32-15-3-5-17-34(32)41(42)37-19-7-9-22-39(37)46-43;1-2-12-31-27-32(26-21-28(31)11-1)43-38-18-8-10-20-40(38)47-45(48-43)30-24-22-29(23-25-30)44-42-36-16-6-4-14-34(36)33-13-3-5-15-35(33)41(42)37-17-7-9-19-39(37)46-44;1-2-12-26(13-3-1)39-34-19-9-11-21-36(34)43-41(44-39)28-24-22-27(23-25-28)40-38-32-17-7-5-15-30(32)29-14-4-6-16-31(29)37(38)33-18-8-10-20-35(33)42-40/h2*1-27H;1-25H. The fourth-order valence-electron chi connectivity index (χ4n) is 21.5. The van der Waals surface area contributed by atoms with E-state index in [0.717, 1.165) is 133 Å². The van der Waals surface area contributed by atoms with Gasteiger partial charge in [-0.05, 0) is 129 Å². The molecule has 6 heterocycles. The maximum atomic E-state index is 5.33. The van der Waals surface area contributed by atoms with Gasteiger partial charge < -0.3 is 0 Å². The number of hydrogen-bond donors (Lipinski definition) is 0. The van der Waals surface area contributed by atoms with E-state index in [1.807, 2.05) is 30.3 Å². The van der Waals surface area contributed by atoms with Gasteiger partial charge in [0.25, 0.3) is 0 Å². The van der Waals surface area contributed by atoms with Crippen molar-refractivity contribution in [3.8, 4) is 102 Å². The lowest BCUT2D eigenvalue weighted by Crippen LogP contribution is -1.96. The molecule has 9 nitrogen and oxygen atoms in total. The van der Waals surface area contributed by atoms with Crippen LogP contribution in [0, 0.1) is 0 Å². The fraction of sp³-hybridized carbons (Fsp3) is 0. The van der Waals surface area contributed by atoms with Gasteiger partial charge in [0, 0.05) is 115 Å². The summed E-state index contributed by atoms with van der Waals surface area (Å²) < 4.78 is 0. The minimum absolute atomic E-state index is 0.705. The minimum atomic E-state index is 0.705. The molecule has 0 spiro atoms. The third kappa shape index (κ3) is 13.7. The van der Waals surface area contributed by atoms with Crippen molar-refractivity contribution in [2.75, 3.05) is 0 Å². The number of nitrogens with zero attached hydrogens (tertiary/aromatic N) is 9. The van der Waals surface area contributed by atoms with Crippen LogP contribution in [0.5, 0.6) is 0 Å². The van der Waals surface area contributed by atoms with E-state index in [0.29, 0.717) is 17.5 Å². The van der Waals surface area contributed by atoms with Crippen LogP contribution >= 0.6 is 0 Å². The number of pyridine rings is 3. The zero-order valence-electron chi connectivity index (χ0n) is 75.6. The van der Waals surface area contributed by atoms with Gasteiger partial charge in [-0.2, -0.15) is 0 Å². The molecule has 0 unspecified atom stereocenters. The number of benzene rings is 23. The van der Waals surface area contributed by atoms with Crippen molar-refractivity contribution in [1.29, 1.82) is 0 Å². The van der Waals surface area contributed by atoms with E-state index in [4.69, 9.17) is 44.9 Å². The SMILES string of the molecule is c1ccc(-c2nc(-c3ccc(-c4nc5ccccc5c5c6ccccc6c6ccccc6c45)cc3)nc3ccccc23)cc1.c1ccc2c(-c3nc(-c4ccc(-c5nc6ccccc6c6c7ccccc7c7ccccc7c56)cc4)nc4ccccc34)cccc2c1.c1ccc2cc(-c3nc(-c4ccc(-c5nc6ccccc6c6c7ccccc7c7ccccc7c56)cc4)nc4ccccc34)ccc2c1. The Morgan fingerprint density at radius 3 is 0.707 bits per heavy atom. The maximum absolute atomic E-state index is 5.33. The molecule has 0 saturated carbocycles. The predicted octanol–water partition coefficient (Wildman–Crippen LogP) is 34.2. The average molecular weight is 1780 g/mol. The summed E-state index contributed by atoms with van der Waals surface area (Å²) >= 11 is 0. The van der Waals surface area contributed by atoms with E-state index in [-0.39, 0.29) is 0 Å². The van der Waals surface area contributed by atoms with E-state index in [9.17, 15) is 0 Å². The first-order valence-electron chi connectivity index (χ1n) is 47.5. The number of para-hydroxylation sites is 6. The first-order chi connectivity index (χ1) is 69.4. The highest BCUT2D eigenvalue weighted by molar-refractivity contribution is 6.37. The molecule has 140 heavy (non-hydrogen) atoms. The summed E-state index contributed by atoms with van der Waals surface area (Å²) in [6.45, 7) is 0. The van der Waals surface area contributed by atoms with Crippen LogP contribution in [-0.2, 0) is 0 Å². The Labute approximate surface area is 804 Å². The Kier molecular flexibility index (Phi) is 19.4. The number of fused-ring (bicyclic) bond motifs is 29. The Morgan fingerprint density at radius 2 is 0.343 bits per heavy atom. The van der Waals surface area contributed by atoms with Crippen molar-refractivity contribution in [2.24, 2.45) is 0 Å². The lowest BCUT2D eigenvalue weighted by molar-refractivity contribution is 1.23. The van der Waals surface area contributed by atoms with Gasteiger partial charge in [-0.1, -0.05) is 437 Å². The molecule has 0 bridgehead atoms. The Morgan fingerprint density at radius 1 is 0.107 bits per heavy atom. The van der Waals surface area contributed by atoms with Crippen molar-refractivity contribution in [2.45, 2.75) is 0 Å². The van der Waals surface area contributed by atoms with Crippen molar-refractivity contribution in [3.63, 3.8) is 0 Å². The molecule has 0 N–H and O–H groups in total. The second-order valence-electron chi connectivity index (χ2n) is 35.9. The van der Waals surface area contributed by atoms with Gasteiger partial charge in [-0.3, -0.25) is 0 Å². The predicted molar refractivity (Wildman–Crippen MR) is 586 cm³/mol. The molecule has 0 aliphatic heterocycles. The molecule has 0 amide bonds. The van der Waals surface area contributed by atoms with Gasteiger partial charge in [-0.25, -0.2) is 44.9 Å². The lowest BCUT2D eigenvalue weighted by Gasteiger charge is -2.16. The number of aromatic nitrogens is 9. The molecule has 0 fully saturated rings. The highest BCUT2D eigenvalue weighted by atomic mass is 14.9. The highest BCUT2D eigenvalue weighted by Gasteiger charge is 2.25. The van der Waals surface area contributed by atoms with Crippen LogP contribution in [0.2, 0.25) is 0 Å².